The minimum Gasteiger partial charge on any atom is -0.385 e. The third-order valence-corrected chi connectivity index (χ3v) is 4.05. The summed E-state index contributed by atoms with van der Waals surface area (Å²) in [6.07, 6.45) is 2.62. The molecule has 0 heterocycles. The molecule has 1 rings (SSSR count). The van der Waals surface area contributed by atoms with E-state index in [1.165, 1.54) is 0 Å². The van der Waals surface area contributed by atoms with E-state index in [2.05, 4.69) is 39.9 Å². The molecular weight excluding hydrogens is 226 g/mol. The van der Waals surface area contributed by atoms with Gasteiger partial charge in [-0.05, 0) is 25.7 Å². The van der Waals surface area contributed by atoms with Crippen LogP contribution in [0.3, 0.4) is 0 Å². The van der Waals surface area contributed by atoms with Gasteiger partial charge in [-0.2, -0.15) is 0 Å². The van der Waals surface area contributed by atoms with Crippen molar-refractivity contribution in [3.8, 4) is 0 Å². The Morgan fingerprint density at radius 1 is 1.28 bits per heavy atom. The molecule has 1 N–H and O–H groups in total. The fourth-order valence-corrected chi connectivity index (χ4v) is 2.48. The van der Waals surface area contributed by atoms with Crippen molar-refractivity contribution in [2.45, 2.75) is 65.6 Å². The first-order valence-electron chi connectivity index (χ1n) is 7.24. The molecule has 3 atom stereocenters. The Labute approximate surface area is 113 Å². The molecule has 1 fully saturated rings. The van der Waals surface area contributed by atoms with Crippen LogP contribution in [-0.2, 0) is 9.47 Å². The first-order valence-corrected chi connectivity index (χ1v) is 7.24. The summed E-state index contributed by atoms with van der Waals surface area (Å²) in [4.78, 5) is 0. The summed E-state index contributed by atoms with van der Waals surface area (Å²) in [7, 11) is 1.76. The molecule has 0 aromatic rings. The maximum Gasteiger partial charge on any atom is 0.0656 e. The average Bonchev–Trinajstić information content (AvgIpc) is 2.29. The van der Waals surface area contributed by atoms with Crippen LogP contribution in [0.4, 0.5) is 0 Å². The number of methoxy groups -OCH3 is 1. The van der Waals surface area contributed by atoms with Gasteiger partial charge >= 0.3 is 0 Å². The van der Waals surface area contributed by atoms with Gasteiger partial charge in [0.2, 0.25) is 0 Å². The Balaban J connectivity index is 2.30. The normalized spacial score (nSPS) is 28.2. The van der Waals surface area contributed by atoms with Crippen molar-refractivity contribution in [3.63, 3.8) is 0 Å². The van der Waals surface area contributed by atoms with Crippen molar-refractivity contribution in [1.82, 2.24) is 5.32 Å². The third-order valence-electron chi connectivity index (χ3n) is 4.05. The van der Waals surface area contributed by atoms with E-state index in [4.69, 9.17) is 9.47 Å². The van der Waals surface area contributed by atoms with E-state index < -0.39 is 0 Å². The lowest BCUT2D eigenvalue weighted by Gasteiger charge is -2.53. The van der Waals surface area contributed by atoms with E-state index in [9.17, 15) is 0 Å². The Morgan fingerprint density at radius 2 is 1.94 bits per heavy atom. The van der Waals surface area contributed by atoms with Crippen molar-refractivity contribution in [2.75, 3.05) is 20.3 Å². The predicted octanol–water partition coefficient (Wildman–Crippen LogP) is 2.84. The van der Waals surface area contributed by atoms with Gasteiger partial charge in [-0.1, -0.05) is 27.7 Å². The Bertz CT molecular complexity index is 241. The quantitative estimate of drug-likeness (QED) is 0.725. The summed E-state index contributed by atoms with van der Waals surface area (Å²) >= 11 is 0. The van der Waals surface area contributed by atoms with Gasteiger partial charge in [0.25, 0.3) is 0 Å². The Kier molecular flexibility index (Phi) is 6.09. The van der Waals surface area contributed by atoms with Gasteiger partial charge < -0.3 is 14.8 Å². The zero-order valence-corrected chi connectivity index (χ0v) is 13.0. The lowest BCUT2D eigenvalue weighted by Crippen LogP contribution is -2.62. The van der Waals surface area contributed by atoms with E-state index in [0.717, 1.165) is 26.1 Å². The molecule has 3 heteroatoms. The highest BCUT2D eigenvalue weighted by Gasteiger charge is 2.49. The van der Waals surface area contributed by atoms with E-state index in [1.807, 2.05) is 0 Å². The highest BCUT2D eigenvalue weighted by atomic mass is 16.5. The molecule has 0 amide bonds. The zero-order valence-electron chi connectivity index (χ0n) is 13.0. The van der Waals surface area contributed by atoms with Gasteiger partial charge in [0, 0.05) is 37.8 Å². The molecule has 0 bridgehead atoms. The monoisotopic (exact) mass is 257 g/mol. The van der Waals surface area contributed by atoms with Gasteiger partial charge in [-0.25, -0.2) is 0 Å². The Hall–Kier alpha value is -0.120. The van der Waals surface area contributed by atoms with Crippen LogP contribution in [0.1, 0.15) is 47.5 Å². The van der Waals surface area contributed by atoms with Crippen LogP contribution in [0.5, 0.6) is 0 Å². The summed E-state index contributed by atoms with van der Waals surface area (Å²) in [6.45, 7) is 13.0. The van der Waals surface area contributed by atoms with E-state index in [1.54, 1.807) is 7.11 Å². The number of ether oxygens (including phenoxy) is 2. The molecule has 3 unspecified atom stereocenters. The second kappa shape index (κ2) is 6.88. The van der Waals surface area contributed by atoms with Gasteiger partial charge in [-0.3, -0.25) is 0 Å². The topological polar surface area (TPSA) is 30.5 Å². The molecule has 1 aliphatic rings. The highest BCUT2D eigenvalue weighted by Crippen LogP contribution is 2.43. The molecule has 3 nitrogen and oxygen atoms in total. The largest absolute Gasteiger partial charge is 0.385 e. The number of hydrogen-bond acceptors (Lipinski definition) is 3. The molecule has 0 aliphatic heterocycles. The standard InChI is InChI=1S/C15H31NO2/c1-11(2)10-18-14-9-13(15(14,4)5)16-12(3)7-8-17-6/h11-14,16H,7-10H2,1-6H3. The van der Waals surface area contributed by atoms with Crippen LogP contribution in [-0.4, -0.2) is 38.5 Å². The van der Waals surface area contributed by atoms with Crippen molar-refractivity contribution in [2.24, 2.45) is 11.3 Å². The summed E-state index contributed by atoms with van der Waals surface area (Å²) in [5.41, 5.74) is 0.246. The SMILES string of the molecule is COCCC(C)NC1CC(OCC(C)C)C1(C)C. The lowest BCUT2D eigenvalue weighted by atomic mass is 9.64. The van der Waals surface area contributed by atoms with Crippen molar-refractivity contribution < 1.29 is 9.47 Å². The van der Waals surface area contributed by atoms with E-state index >= 15 is 0 Å². The first-order chi connectivity index (χ1) is 8.37. The van der Waals surface area contributed by atoms with Crippen LogP contribution in [0, 0.1) is 11.3 Å². The second-order valence-electron chi connectivity index (χ2n) is 6.67. The summed E-state index contributed by atoms with van der Waals surface area (Å²) < 4.78 is 11.1. The molecule has 0 aromatic heterocycles. The fraction of sp³-hybridized carbons (Fsp3) is 1.00. The van der Waals surface area contributed by atoms with Crippen molar-refractivity contribution >= 4 is 0 Å². The number of hydrogen-bond donors (Lipinski definition) is 1. The third kappa shape index (κ3) is 4.22. The minimum absolute atomic E-state index is 0.246. The molecule has 0 saturated heterocycles. The molecule has 108 valence electrons. The van der Waals surface area contributed by atoms with Gasteiger partial charge in [0.05, 0.1) is 6.10 Å². The van der Waals surface area contributed by atoms with Crippen LogP contribution >= 0.6 is 0 Å². The summed E-state index contributed by atoms with van der Waals surface area (Å²) in [5.74, 6) is 0.619. The van der Waals surface area contributed by atoms with Crippen molar-refractivity contribution in [3.05, 3.63) is 0 Å². The van der Waals surface area contributed by atoms with Crippen LogP contribution in [0.2, 0.25) is 0 Å². The maximum absolute atomic E-state index is 5.98. The smallest absolute Gasteiger partial charge is 0.0656 e. The fourth-order valence-electron chi connectivity index (χ4n) is 2.48. The van der Waals surface area contributed by atoms with E-state index in [0.29, 0.717) is 24.1 Å². The molecule has 1 aliphatic carbocycles. The van der Waals surface area contributed by atoms with Gasteiger partial charge in [-0.15, -0.1) is 0 Å². The average molecular weight is 257 g/mol. The van der Waals surface area contributed by atoms with Gasteiger partial charge in [0.15, 0.2) is 0 Å². The molecule has 1 saturated carbocycles. The molecule has 18 heavy (non-hydrogen) atoms. The molecule has 0 aromatic carbocycles. The van der Waals surface area contributed by atoms with Crippen LogP contribution in [0.15, 0.2) is 0 Å². The number of nitrogens with one attached hydrogen (secondary N) is 1. The molecule has 0 spiro atoms. The van der Waals surface area contributed by atoms with Crippen LogP contribution in [0.25, 0.3) is 0 Å². The van der Waals surface area contributed by atoms with Crippen LogP contribution < -0.4 is 5.32 Å². The lowest BCUT2D eigenvalue weighted by molar-refractivity contribution is -0.125. The first kappa shape index (κ1) is 15.9. The predicted molar refractivity (Wildman–Crippen MR) is 75.9 cm³/mol. The molecular formula is C15H31NO2. The zero-order chi connectivity index (χ0) is 13.8. The molecule has 0 radical (unpaired) electrons. The Morgan fingerprint density at radius 3 is 2.44 bits per heavy atom. The minimum atomic E-state index is 0.246. The summed E-state index contributed by atoms with van der Waals surface area (Å²) in [5, 5.41) is 3.70. The summed E-state index contributed by atoms with van der Waals surface area (Å²) in [6, 6.07) is 1.08. The second-order valence-corrected chi connectivity index (χ2v) is 6.67. The van der Waals surface area contributed by atoms with E-state index in [-0.39, 0.29) is 5.41 Å². The maximum atomic E-state index is 5.98. The van der Waals surface area contributed by atoms with Gasteiger partial charge in [0.1, 0.15) is 0 Å². The van der Waals surface area contributed by atoms with Crippen molar-refractivity contribution in [1.29, 1.82) is 0 Å². The highest BCUT2D eigenvalue weighted by molar-refractivity contribution is 5.03. The number of rotatable bonds is 8.